The third-order valence-electron chi connectivity index (χ3n) is 3.60. The first kappa shape index (κ1) is 14.2. The van der Waals surface area contributed by atoms with Crippen LogP contribution in [0.1, 0.15) is 25.2 Å². The van der Waals surface area contributed by atoms with E-state index in [1.165, 1.54) is 0 Å². The molecule has 0 atom stereocenters. The zero-order valence-corrected chi connectivity index (χ0v) is 12.7. The van der Waals surface area contributed by atoms with E-state index >= 15 is 0 Å². The number of rotatable bonds is 4. The van der Waals surface area contributed by atoms with Crippen molar-refractivity contribution in [1.29, 1.82) is 5.26 Å². The van der Waals surface area contributed by atoms with Crippen molar-refractivity contribution in [3.63, 3.8) is 0 Å². The number of fused-ring (bicyclic) bond motifs is 1. The molecule has 22 heavy (non-hydrogen) atoms. The zero-order valence-electron chi connectivity index (χ0n) is 12.7. The zero-order chi connectivity index (χ0) is 15.5. The second-order valence-electron chi connectivity index (χ2n) is 4.93. The molecule has 0 aliphatic carbocycles. The van der Waals surface area contributed by atoms with E-state index in [0.29, 0.717) is 12.2 Å². The lowest BCUT2D eigenvalue weighted by molar-refractivity contribution is 0.340. The van der Waals surface area contributed by atoms with E-state index in [1.54, 1.807) is 6.07 Å². The van der Waals surface area contributed by atoms with Crippen LogP contribution in [0.15, 0.2) is 42.5 Å². The number of aryl methyl sites for hydroxylation is 1. The SMILES string of the molecule is CCOc1ccc(-n2c(CC)nc3c(C#N)cccc32)cc1. The van der Waals surface area contributed by atoms with Crippen LogP contribution in [0.2, 0.25) is 0 Å². The van der Waals surface area contributed by atoms with Crippen LogP contribution in [0.5, 0.6) is 5.75 Å². The van der Waals surface area contributed by atoms with Gasteiger partial charge in [0.1, 0.15) is 23.2 Å². The van der Waals surface area contributed by atoms with E-state index in [-0.39, 0.29) is 0 Å². The average Bonchev–Trinajstić information content (AvgIpc) is 2.94. The number of benzene rings is 2. The summed E-state index contributed by atoms with van der Waals surface area (Å²) in [5.74, 6) is 1.80. The van der Waals surface area contributed by atoms with E-state index in [4.69, 9.17) is 4.74 Å². The summed E-state index contributed by atoms with van der Waals surface area (Å²) in [6.07, 6.45) is 0.798. The van der Waals surface area contributed by atoms with Gasteiger partial charge in [0.2, 0.25) is 0 Å². The standard InChI is InChI=1S/C18H17N3O/c1-3-17-20-18-13(12-19)6-5-7-16(18)21(17)14-8-10-15(11-9-14)22-4-2/h5-11H,3-4H2,1-2H3. The topological polar surface area (TPSA) is 50.8 Å². The molecule has 3 aromatic rings. The van der Waals surface area contributed by atoms with Gasteiger partial charge in [-0.05, 0) is 43.3 Å². The molecule has 1 aromatic heterocycles. The van der Waals surface area contributed by atoms with Crippen molar-refractivity contribution >= 4 is 11.0 Å². The van der Waals surface area contributed by atoms with Crippen LogP contribution in [0.25, 0.3) is 16.7 Å². The minimum absolute atomic E-state index is 0.608. The highest BCUT2D eigenvalue weighted by Crippen LogP contribution is 2.25. The molecule has 0 N–H and O–H groups in total. The number of nitrogens with zero attached hydrogens (tertiary/aromatic N) is 3. The van der Waals surface area contributed by atoms with Crippen molar-refractivity contribution in [2.75, 3.05) is 6.61 Å². The highest BCUT2D eigenvalue weighted by Gasteiger charge is 2.13. The Morgan fingerprint density at radius 2 is 1.91 bits per heavy atom. The highest BCUT2D eigenvalue weighted by atomic mass is 16.5. The van der Waals surface area contributed by atoms with Crippen LogP contribution in [0.4, 0.5) is 0 Å². The van der Waals surface area contributed by atoms with Crippen molar-refractivity contribution in [3.05, 3.63) is 53.9 Å². The molecule has 2 aromatic carbocycles. The second-order valence-corrected chi connectivity index (χ2v) is 4.93. The van der Waals surface area contributed by atoms with Gasteiger partial charge in [-0.25, -0.2) is 4.98 Å². The van der Waals surface area contributed by atoms with Gasteiger partial charge in [0.25, 0.3) is 0 Å². The summed E-state index contributed by atoms with van der Waals surface area (Å²) in [7, 11) is 0. The number of hydrogen-bond acceptors (Lipinski definition) is 3. The number of ether oxygens (including phenoxy) is 1. The van der Waals surface area contributed by atoms with Crippen molar-refractivity contribution < 1.29 is 4.74 Å². The molecule has 0 spiro atoms. The van der Waals surface area contributed by atoms with E-state index in [9.17, 15) is 5.26 Å². The fraction of sp³-hybridized carbons (Fsp3) is 0.222. The summed E-state index contributed by atoms with van der Waals surface area (Å²) >= 11 is 0. The molecule has 0 saturated heterocycles. The Bertz CT molecular complexity index is 841. The Balaban J connectivity index is 2.19. The molecule has 4 heteroatoms. The molecule has 4 nitrogen and oxygen atoms in total. The van der Waals surface area contributed by atoms with Crippen LogP contribution in [0.3, 0.4) is 0 Å². The monoisotopic (exact) mass is 291 g/mol. The third-order valence-corrected chi connectivity index (χ3v) is 3.60. The molecule has 3 rings (SSSR count). The molecule has 0 radical (unpaired) electrons. The largest absolute Gasteiger partial charge is 0.494 e. The number of para-hydroxylation sites is 1. The van der Waals surface area contributed by atoms with E-state index in [0.717, 1.165) is 34.7 Å². The van der Waals surface area contributed by atoms with Crippen LogP contribution in [-0.4, -0.2) is 16.2 Å². The summed E-state index contributed by atoms with van der Waals surface area (Å²) in [6, 6.07) is 15.9. The number of imidazole rings is 1. The van der Waals surface area contributed by atoms with Gasteiger partial charge in [-0.1, -0.05) is 13.0 Å². The van der Waals surface area contributed by atoms with Gasteiger partial charge in [0.05, 0.1) is 17.7 Å². The maximum Gasteiger partial charge on any atom is 0.119 e. The summed E-state index contributed by atoms with van der Waals surface area (Å²) in [6.45, 7) is 4.69. The number of aromatic nitrogens is 2. The van der Waals surface area contributed by atoms with Crippen LogP contribution in [0, 0.1) is 11.3 Å². The Kier molecular flexibility index (Phi) is 3.80. The van der Waals surface area contributed by atoms with Crippen molar-refractivity contribution in [1.82, 2.24) is 9.55 Å². The minimum Gasteiger partial charge on any atom is -0.494 e. The van der Waals surface area contributed by atoms with Gasteiger partial charge >= 0.3 is 0 Å². The lowest BCUT2D eigenvalue weighted by Gasteiger charge is -2.09. The first-order chi connectivity index (χ1) is 10.8. The molecule has 0 saturated carbocycles. The average molecular weight is 291 g/mol. The Morgan fingerprint density at radius 1 is 1.14 bits per heavy atom. The third kappa shape index (κ3) is 2.31. The molecule has 110 valence electrons. The molecule has 0 aliphatic rings. The van der Waals surface area contributed by atoms with Crippen LogP contribution >= 0.6 is 0 Å². The minimum atomic E-state index is 0.608. The lowest BCUT2D eigenvalue weighted by Crippen LogP contribution is -2.00. The molecule has 0 unspecified atom stereocenters. The maximum atomic E-state index is 9.26. The van der Waals surface area contributed by atoms with E-state index < -0.39 is 0 Å². The normalized spacial score (nSPS) is 10.6. The number of hydrogen-bond donors (Lipinski definition) is 0. The van der Waals surface area contributed by atoms with Gasteiger partial charge < -0.3 is 4.74 Å². The molecular weight excluding hydrogens is 274 g/mol. The molecular formula is C18H17N3O. The van der Waals surface area contributed by atoms with Crippen LogP contribution < -0.4 is 4.74 Å². The van der Waals surface area contributed by atoms with E-state index in [1.807, 2.05) is 43.3 Å². The van der Waals surface area contributed by atoms with Crippen molar-refractivity contribution in [2.24, 2.45) is 0 Å². The van der Waals surface area contributed by atoms with Gasteiger partial charge in [0.15, 0.2) is 0 Å². The quantitative estimate of drug-likeness (QED) is 0.733. The summed E-state index contributed by atoms with van der Waals surface area (Å²) < 4.78 is 7.59. The predicted octanol–water partition coefficient (Wildman–Crippen LogP) is 3.86. The van der Waals surface area contributed by atoms with Gasteiger partial charge in [-0.15, -0.1) is 0 Å². The highest BCUT2D eigenvalue weighted by molar-refractivity contribution is 5.83. The molecule has 0 amide bonds. The summed E-state index contributed by atoms with van der Waals surface area (Å²) in [4.78, 5) is 4.65. The maximum absolute atomic E-state index is 9.26. The smallest absolute Gasteiger partial charge is 0.119 e. The first-order valence-electron chi connectivity index (χ1n) is 7.42. The fourth-order valence-electron chi connectivity index (χ4n) is 2.62. The van der Waals surface area contributed by atoms with Crippen molar-refractivity contribution in [3.8, 4) is 17.5 Å². The summed E-state index contributed by atoms with van der Waals surface area (Å²) in [5, 5.41) is 9.26. The summed E-state index contributed by atoms with van der Waals surface area (Å²) in [5.41, 5.74) is 3.35. The lowest BCUT2D eigenvalue weighted by atomic mass is 10.2. The second kappa shape index (κ2) is 5.90. The molecule has 0 aliphatic heterocycles. The Hall–Kier alpha value is -2.80. The Labute approximate surface area is 129 Å². The van der Waals surface area contributed by atoms with Crippen LogP contribution in [-0.2, 0) is 6.42 Å². The van der Waals surface area contributed by atoms with Gasteiger partial charge in [0, 0.05) is 12.1 Å². The predicted molar refractivity (Wildman–Crippen MR) is 86.3 cm³/mol. The van der Waals surface area contributed by atoms with E-state index in [2.05, 4.69) is 22.5 Å². The van der Waals surface area contributed by atoms with Gasteiger partial charge in [-0.3, -0.25) is 4.57 Å². The first-order valence-corrected chi connectivity index (χ1v) is 7.42. The van der Waals surface area contributed by atoms with Gasteiger partial charge in [-0.2, -0.15) is 5.26 Å². The molecule has 0 bridgehead atoms. The molecule has 1 heterocycles. The number of nitriles is 1. The fourth-order valence-corrected chi connectivity index (χ4v) is 2.62. The Morgan fingerprint density at radius 3 is 2.55 bits per heavy atom. The molecule has 0 fully saturated rings. The van der Waals surface area contributed by atoms with Crippen molar-refractivity contribution in [2.45, 2.75) is 20.3 Å².